The van der Waals surface area contributed by atoms with E-state index in [2.05, 4.69) is 19.2 Å². The summed E-state index contributed by atoms with van der Waals surface area (Å²) in [6.45, 7) is 9.37. The quantitative estimate of drug-likeness (QED) is 0.685. The summed E-state index contributed by atoms with van der Waals surface area (Å²) in [5.41, 5.74) is 0. The van der Waals surface area contributed by atoms with E-state index >= 15 is 0 Å². The number of hydrogen-bond acceptors (Lipinski definition) is 2. The lowest BCUT2D eigenvalue weighted by Gasteiger charge is -2.14. The summed E-state index contributed by atoms with van der Waals surface area (Å²) in [5, 5.41) is 2.84. The van der Waals surface area contributed by atoms with Gasteiger partial charge in [-0.25, -0.2) is 0 Å². The Balaban J connectivity index is 3.40. The Morgan fingerprint density at radius 1 is 1.31 bits per heavy atom. The highest BCUT2D eigenvalue weighted by molar-refractivity contribution is 5.75. The molecule has 0 rings (SSSR count). The highest BCUT2D eigenvalue weighted by Crippen LogP contribution is 1.94. The van der Waals surface area contributed by atoms with Crippen LogP contribution in [0.1, 0.15) is 34.1 Å². The lowest BCUT2D eigenvalue weighted by Crippen LogP contribution is -2.35. The standard InChI is InChI=1S/C10H21NO2/c1-5-10(12)11-9(4)7-13-6-8(2)3/h8-9H,5-7H2,1-4H3,(H,11,12). The highest BCUT2D eigenvalue weighted by Gasteiger charge is 2.05. The van der Waals surface area contributed by atoms with Crippen LogP contribution in [0.4, 0.5) is 0 Å². The SMILES string of the molecule is CCC(=O)NC(C)COCC(C)C. The fourth-order valence-corrected chi connectivity index (χ4v) is 0.899. The van der Waals surface area contributed by atoms with Gasteiger partial charge in [0.15, 0.2) is 0 Å². The lowest BCUT2D eigenvalue weighted by molar-refractivity contribution is -0.121. The third-order valence-corrected chi connectivity index (χ3v) is 1.55. The van der Waals surface area contributed by atoms with Gasteiger partial charge in [0, 0.05) is 19.1 Å². The van der Waals surface area contributed by atoms with Crippen molar-refractivity contribution in [3.8, 4) is 0 Å². The monoisotopic (exact) mass is 187 g/mol. The molecular weight excluding hydrogens is 166 g/mol. The van der Waals surface area contributed by atoms with E-state index < -0.39 is 0 Å². The van der Waals surface area contributed by atoms with Crippen LogP contribution in [-0.2, 0) is 9.53 Å². The van der Waals surface area contributed by atoms with Crippen LogP contribution in [-0.4, -0.2) is 25.2 Å². The van der Waals surface area contributed by atoms with E-state index in [1.165, 1.54) is 0 Å². The van der Waals surface area contributed by atoms with Crippen LogP contribution in [0, 0.1) is 5.92 Å². The molecule has 0 aliphatic carbocycles. The molecule has 1 unspecified atom stereocenters. The minimum Gasteiger partial charge on any atom is -0.379 e. The van der Waals surface area contributed by atoms with Gasteiger partial charge in [0.25, 0.3) is 0 Å². The van der Waals surface area contributed by atoms with E-state index in [0.29, 0.717) is 18.9 Å². The molecule has 3 nitrogen and oxygen atoms in total. The van der Waals surface area contributed by atoms with Crippen LogP contribution in [0.3, 0.4) is 0 Å². The number of carbonyl (C=O) groups excluding carboxylic acids is 1. The Kier molecular flexibility index (Phi) is 6.59. The predicted molar refractivity (Wildman–Crippen MR) is 53.6 cm³/mol. The van der Waals surface area contributed by atoms with Crippen molar-refractivity contribution in [2.45, 2.75) is 40.2 Å². The molecule has 0 fully saturated rings. The molecule has 1 atom stereocenters. The minimum absolute atomic E-state index is 0.0839. The van der Waals surface area contributed by atoms with Crippen molar-refractivity contribution in [1.82, 2.24) is 5.32 Å². The predicted octanol–water partition coefficient (Wildman–Crippen LogP) is 1.57. The van der Waals surface area contributed by atoms with Gasteiger partial charge in [-0.3, -0.25) is 4.79 Å². The third kappa shape index (κ3) is 7.78. The van der Waals surface area contributed by atoms with Crippen molar-refractivity contribution in [3.63, 3.8) is 0 Å². The van der Waals surface area contributed by atoms with E-state index in [1.807, 2.05) is 13.8 Å². The first-order chi connectivity index (χ1) is 6.06. The van der Waals surface area contributed by atoms with Gasteiger partial charge in [-0.2, -0.15) is 0 Å². The van der Waals surface area contributed by atoms with Crippen molar-refractivity contribution in [2.24, 2.45) is 5.92 Å². The summed E-state index contributed by atoms with van der Waals surface area (Å²) in [4.78, 5) is 11.0. The van der Waals surface area contributed by atoms with Gasteiger partial charge in [0.1, 0.15) is 0 Å². The largest absolute Gasteiger partial charge is 0.379 e. The number of nitrogens with one attached hydrogen (secondary N) is 1. The van der Waals surface area contributed by atoms with Crippen LogP contribution in [0.25, 0.3) is 0 Å². The second kappa shape index (κ2) is 6.89. The third-order valence-electron chi connectivity index (χ3n) is 1.55. The van der Waals surface area contributed by atoms with E-state index in [4.69, 9.17) is 4.74 Å². The molecule has 0 bridgehead atoms. The fourth-order valence-electron chi connectivity index (χ4n) is 0.899. The molecule has 13 heavy (non-hydrogen) atoms. The summed E-state index contributed by atoms with van der Waals surface area (Å²) < 4.78 is 5.39. The summed E-state index contributed by atoms with van der Waals surface area (Å²) >= 11 is 0. The zero-order chi connectivity index (χ0) is 10.3. The lowest BCUT2D eigenvalue weighted by atomic mass is 10.2. The van der Waals surface area contributed by atoms with Gasteiger partial charge >= 0.3 is 0 Å². The van der Waals surface area contributed by atoms with Crippen LogP contribution in [0.2, 0.25) is 0 Å². The van der Waals surface area contributed by atoms with Crippen LogP contribution < -0.4 is 5.32 Å². The van der Waals surface area contributed by atoms with Gasteiger partial charge < -0.3 is 10.1 Å². The van der Waals surface area contributed by atoms with E-state index in [-0.39, 0.29) is 11.9 Å². The van der Waals surface area contributed by atoms with Crippen molar-refractivity contribution >= 4 is 5.91 Å². The average Bonchev–Trinajstić information content (AvgIpc) is 2.03. The number of carbonyl (C=O) groups is 1. The minimum atomic E-state index is 0.0839. The smallest absolute Gasteiger partial charge is 0.220 e. The highest BCUT2D eigenvalue weighted by atomic mass is 16.5. The topological polar surface area (TPSA) is 38.3 Å². The van der Waals surface area contributed by atoms with Gasteiger partial charge in [-0.15, -0.1) is 0 Å². The zero-order valence-corrected chi connectivity index (χ0v) is 9.09. The molecule has 0 aromatic rings. The fraction of sp³-hybridized carbons (Fsp3) is 0.900. The first kappa shape index (κ1) is 12.4. The molecule has 1 N–H and O–H groups in total. The van der Waals surface area contributed by atoms with E-state index in [1.54, 1.807) is 0 Å². The van der Waals surface area contributed by atoms with Crippen LogP contribution in [0.5, 0.6) is 0 Å². The van der Waals surface area contributed by atoms with Crippen molar-refractivity contribution in [3.05, 3.63) is 0 Å². The Morgan fingerprint density at radius 2 is 1.92 bits per heavy atom. The van der Waals surface area contributed by atoms with E-state index in [9.17, 15) is 4.79 Å². The van der Waals surface area contributed by atoms with Gasteiger partial charge in [0.2, 0.25) is 5.91 Å². The molecular formula is C10H21NO2. The van der Waals surface area contributed by atoms with E-state index in [0.717, 1.165) is 6.61 Å². The van der Waals surface area contributed by atoms with Crippen LogP contribution in [0.15, 0.2) is 0 Å². The maximum atomic E-state index is 11.0. The first-order valence-corrected chi connectivity index (χ1v) is 4.93. The molecule has 1 amide bonds. The van der Waals surface area contributed by atoms with Crippen molar-refractivity contribution < 1.29 is 9.53 Å². The van der Waals surface area contributed by atoms with Gasteiger partial charge in [-0.1, -0.05) is 20.8 Å². The summed E-state index contributed by atoms with van der Waals surface area (Å²) in [6.07, 6.45) is 0.536. The summed E-state index contributed by atoms with van der Waals surface area (Å²) in [7, 11) is 0. The molecule has 0 saturated heterocycles. The second-order valence-electron chi connectivity index (χ2n) is 3.75. The first-order valence-electron chi connectivity index (χ1n) is 4.93. The normalized spacial score (nSPS) is 13.0. The van der Waals surface area contributed by atoms with Crippen LogP contribution >= 0.6 is 0 Å². The molecule has 3 heteroatoms. The second-order valence-corrected chi connectivity index (χ2v) is 3.75. The average molecular weight is 187 g/mol. The summed E-state index contributed by atoms with van der Waals surface area (Å²) in [6, 6.07) is 0.117. The number of rotatable bonds is 6. The van der Waals surface area contributed by atoms with Gasteiger partial charge in [-0.05, 0) is 12.8 Å². The molecule has 0 spiro atoms. The Labute approximate surface area is 80.8 Å². The molecule has 0 aliphatic heterocycles. The molecule has 0 aromatic heterocycles. The molecule has 0 aliphatic rings. The Bertz CT molecular complexity index is 146. The number of ether oxygens (including phenoxy) is 1. The van der Waals surface area contributed by atoms with Gasteiger partial charge in [0.05, 0.1) is 6.61 Å². The Morgan fingerprint density at radius 3 is 2.38 bits per heavy atom. The van der Waals surface area contributed by atoms with Crippen molar-refractivity contribution in [1.29, 1.82) is 0 Å². The molecule has 0 aromatic carbocycles. The maximum absolute atomic E-state index is 11.0. The summed E-state index contributed by atoms with van der Waals surface area (Å²) in [5.74, 6) is 0.634. The number of hydrogen-bond donors (Lipinski definition) is 1. The zero-order valence-electron chi connectivity index (χ0n) is 9.09. The maximum Gasteiger partial charge on any atom is 0.220 e. The number of amides is 1. The molecule has 78 valence electrons. The molecule has 0 heterocycles. The Hall–Kier alpha value is -0.570. The molecule has 0 radical (unpaired) electrons. The molecule has 0 saturated carbocycles. The van der Waals surface area contributed by atoms with Crippen molar-refractivity contribution in [2.75, 3.05) is 13.2 Å².